The maximum absolute atomic E-state index is 12.5. The number of halogens is 2. The van der Waals surface area contributed by atoms with Gasteiger partial charge in [-0.25, -0.2) is 0 Å². The SMILES string of the molecule is CN=C(NCCOc1ccccc1Cl)NC1CCN(C(=O)C2CCCC2)C1.I. The fourth-order valence-electron chi connectivity index (χ4n) is 3.79. The number of ether oxygens (including phenoxy) is 1. The number of guanidine groups is 1. The number of benzene rings is 1. The number of nitrogens with zero attached hydrogens (tertiary/aromatic N) is 2. The number of para-hydroxylation sites is 1. The molecule has 0 bridgehead atoms. The second-order valence-corrected chi connectivity index (χ2v) is 7.58. The van der Waals surface area contributed by atoms with Crippen molar-refractivity contribution in [1.82, 2.24) is 15.5 Å². The van der Waals surface area contributed by atoms with Crippen LogP contribution in [-0.4, -0.2) is 56.1 Å². The minimum absolute atomic E-state index is 0. The van der Waals surface area contributed by atoms with Crippen molar-refractivity contribution in [3.63, 3.8) is 0 Å². The van der Waals surface area contributed by atoms with Gasteiger partial charge in [-0.2, -0.15) is 0 Å². The van der Waals surface area contributed by atoms with Crippen molar-refractivity contribution in [2.24, 2.45) is 10.9 Å². The zero-order valence-corrected chi connectivity index (χ0v) is 19.4. The normalized spacial score (nSPS) is 20.0. The average molecular weight is 521 g/mol. The summed E-state index contributed by atoms with van der Waals surface area (Å²) in [4.78, 5) is 18.8. The molecule has 6 nitrogen and oxygen atoms in total. The summed E-state index contributed by atoms with van der Waals surface area (Å²) >= 11 is 6.08. The standard InChI is InChI=1S/C20H29ClN4O2.HI/c1-22-20(23-11-13-27-18-9-5-4-8-17(18)21)24-16-10-12-25(14-16)19(26)15-6-2-3-7-15;/h4-5,8-9,15-16H,2-3,6-7,10-14H2,1H3,(H2,22,23,24);1H. The predicted molar refractivity (Wildman–Crippen MR) is 124 cm³/mol. The highest BCUT2D eigenvalue weighted by Crippen LogP contribution is 2.27. The molecule has 1 saturated heterocycles. The molecule has 2 fully saturated rings. The molecule has 3 rings (SSSR count). The third-order valence-electron chi connectivity index (χ3n) is 5.26. The van der Waals surface area contributed by atoms with Gasteiger partial charge in [-0.3, -0.25) is 9.79 Å². The first-order valence-electron chi connectivity index (χ1n) is 9.80. The molecule has 1 heterocycles. The van der Waals surface area contributed by atoms with E-state index in [1.165, 1.54) is 12.8 Å². The van der Waals surface area contributed by atoms with E-state index >= 15 is 0 Å². The van der Waals surface area contributed by atoms with Crippen molar-refractivity contribution >= 4 is 47.4 Å². The lowest BCUT2D eigenvalue weighted by molar-refractivity contribution is -0.134. The summed E-state index contributed by atoms with van der Waals surface area (Å²) in [6, 6.07) is 7.68. The number of likely N-dealkylation sites (tertiary alicyclic amines) is 1. The van der Waals surface area contributed by atoms with Gasteiger partial charge in [-0.15, -0.1) is 24.0 Å². The highest BCUT2D eigenvalue weighted by molar-refractivity contribution is 14.0. The molecule has 2 N–H and O–H groups in total. The van der Waals surface area contributed by atoms with Crippen LogP contribution in [0.15, 0.2) is 29.3 Å². The summed E-state index contributed by atoms with van der Waals surface area (Å²) in [5.41, 5.74) is 0. The van der Waals surface area contributed by atoms with Gasteiger partial charge in [0.05, 0.1) is 11.6 Å². The van der Waals surface area contributed by atoms with Crippen LogP contribution >= 0.6 is 35.6 Å². The molecular weight excluding hydrogens is 491 g/mol. The molecule has 1 aliphatic heterocycles. The summed E-state index contributed by atoms with van der Waals surface area (Å²) in [6.45, 7) is 2.69. The molecule has 0 radical (unpaired) electrons. The van der Waals surface area contributed by atoms with Crippen LogP contribution in [-0.2, 0) is 4.79 Å². The van der Waals surface area contributed by atoms with Crippen molar-refractivity contribution in [2.45, 2.75) is 38.1 Å². The minimum Gasteiger partial charge on any atom is -0.490 e. The molecular formula is C20H30ClIN4O2. The largest absolute Gasteiger partial charge is 0.490 e. The van der Waals surface area contributed by atoms with E-state index < -0.39 is 0 Å². The van der Waals surface area contributed by atoms with Gasteiger partial charge in [-0.05, 0) is 31.4 Å². The molecule has 1 aromatic rings. The highest BCUT2D eigenvalue weighted by Gasteiger charge is 2.32. The van der Waals surface area contributed by atoms with E-state index in [0.717, 1.165) is 38.3 Å². The first-order chi connectivity index (χ1) is 13.2. The summed E-state index contributed by atoms with van der Waals surface area (Å²) in [6.07, 6.45) is 5.46. The Bertz CT molecular complexity index is 667. The van der Waals surface area contributed by atoms with E-state index in [-0.39, 0.29) is 35.9 Å². The molecule has 0 aromatic heterocycles. The van der Waals surface area contributed by atoms with Crippen LogP contribution in [0.5, 0.6) is 5.75 Å². The van der Waals surface area contributed by atoms with Crippen LogP contribution in [0, 0.1) is 5.92 Å². The average Bonchev–Trinajstić information content (AvgIpc) is 3.37. The van der Waals surface area contributed by atoms with Gasteiger partial charge in [-0.1, -0.05) is 36.6 Å². The molecule has 1 amide bonds. The molecule has 1 aliphatic carbocycles. The van der Waals surface area contributed by atoms with E-state index in [0.29, 0.717) is 29.8 Å². The maximum Gasteiger partial charge on any atom is 0.225 e. The number of nitrogens with one attached hydrogen (secondary N) is 2. The number of aliphatic imine (C=N–C) groups is 1. The predicted octanol–water partition coefficient (Wildman–Crippen LogP) is 3.29. The summed E-state index contributed by atoms with van der Waals surface area (Å²) in [7, 11) is 1.75. The van der Waals surface area contributed by atoms with Crippen molar-refractivity contribution < 1.29 is 9.53 Å². The Kier molecular flexibility index (Phi) is 9.64. The zero-order valence-electron chi connectivity index (χ0n) is 16.3. The number of hydrogen-bond donors (Lipinski definition) is 2. The van der Waals surface area contributed by atoms with Gasteiger partial charge < -0.3 is 20.3 Å². The van der Waals surface area contributed by atoms with E-state index in [1.807, 2.05) is 29.2 Å². The van der Waals surface area contributed by atoms with E-state index in [9.17, 15) is 4.79 Å². The lowest BCUT2D eigenvalue weighted by Crippen LogP contribution is -2.46. The van der Waals surface area contributed by atoms with Crippen molar-refractivity contribution in [3.8, 4) is 5.75 Å². The van der Waals surface area contributed by atoms with Crippen LogP contribution in [0.4, 0.5) is 0 Å². The Balaban J connectivity index is 0.00000280. The van der Waals surface area contributed by atoms with Crippen LogP contribution in [0.25, 0.3) is 0 Å². The second kappa shape index (κ2) is 11.7. The lowest BCUT2D eigenvalue weighted by atomic mass is 10.1. The van der Waals surface area contributed by atoms with E-state index in [4.69, 9.17) is 16.3 Å². The number of rotatable bonds is 6. The molecule has 1 aromatic carbocycles. The fourth-order valence-corrected chi connectivity index (χ4v) is 3.98. The first-order valence-corrected chi connectivity index (χ1v) is 10.2. The molecule has 0 spiro atoms. The number of carbonyl (C=O) groups is 1. The Labute approximate surface area is 189 Å². The van der Waals surface area contributed by atoms with Crippen LogP contribution in [0.2, 0.25) is 5.02 Å². The third-order valence-corrected chi connectivity index (χ3v) is 5.57. The topological polar surface area (TPSA) is 66.0 Å². The summed E-state index contributed by atoms with van der Waals surface area (Å²) < 4.78 is 5.68. The molecule has 2 aliphatic rings. The quantitative estimate of drug-likeness (QED) is 0.261. The molecule has 1 unspecified atom stereocenters. The lowest BCUT2D eigenvalue weighted by Gasteiger charge is -2.21. The minimum atomic E-state index is 0. The zero-order chi connectivity index (χ0) is 19.1. The third kappa shape index (κ3) is 6.40. The molecule has 1 atom stereocenters. The van der Waals surface area contributed by atoms with Gasteiger partial charge in [0.1, 0.15) is 12.4 Å². The van der Waals surface area contributed by atoms with Crippen LogP contribution in [0.3, 0.4) is 0 Å². The van der Waals surface area contributed by atoms with E-state index in [1.54, 1.807) is 7.05 Å². The monoisotopic (exact) mass is 520 g/mol. The van der Waals surface area contributed by atoms with Crippen molar-refractivity contribution in [1.29, 1.82) is 0 Å². The Morgan fingerprint density at radius 3 is 2.75 bits per heavy atom. The maximum atomic E-state index is 12.5. The fraction of sp³-hybridized carbons (Fsp3) is 0.600. The molecule has 28 heavy (non-hydrogen) atoms. The summed E-state index contributed by atoms with van der Waals surface area (Å²) in [5, 5.41) is 7.28. The van der Waals surface area contributed by atoms with E-state index in [2.05, 4.69) is 15.6 Å². The Morgan fingerprint density at radius 2 is 2.04 bits per heavy atom. The van der Waals surface area contributed by atoms with Crippen LogP contribution < -0.4 is 15.4 Å². The number of hydrogen-bond acceptors (Lipinski definition) is 3. The van der Waals surface area contributed by atoms with Gasteiger partial charge in [0.25, 0.3) is 0 Å². The van der Waals surface area contributed by atoms with Gasteiger partial charge >= 0.3 is 0 Å². The first kappa shape index (κ1) is 23.1. The number of carbonyl (C=O) groups excluding carboxylic acids is 1. The van der Waals surface area contributed by atoms with Crippen molar-refractivity contribution in [2.75, 3.05) is 33.3 Å². The second-order valence-electron chi connectivity index (χ2n) is 7.17. The highest BCUT2D eigenvalue weighted by atomic mass is 127. The smallest absolute Gasteiger partial charge is 0.225 e. The number of amides is 1. The molecule has 8 heteroatoms. The summed E-state index contributed by atoms with van der Waals surface area (Å²) in [5.74, 6) is 2.01. The van der Waals surface area contributed by atoms with Gasteiger partial charge in [0.2, 0.25) is 5.91 Å². The Morgan fingerprint density at radius 1 is 1.29 bits per heavy atom. The van der Waals surface area contributed by atoms with Crippen molar-refractivity contribution in [3.05, 3.63) is 29.3 Å². The molecule has 156 valence electrons. The van der Waals surface area contributed by atoms with Gasteiger partial charge in [0.15, 0.2) is 5.96 Å². The molecule has 1 saturated carbocycles. The van der Waals surface area contributed by atoms with Crippen LogP contribution in [0.1, 0.15) is 32.1 Å². The Hall–Kier alpha value is -1.22. The van der Waals surface area contributed by atoms with Gasteiger partial charge in [0, 0.05) is 32.1 Å².